The summed E-state index contributed by atoms with van der Waals surface area (Å²) in [6.45, 7) is 0. The van der Waals surface area contributed by atoms with Crippen LogP contribution in [-0.2, 0) is 0 Å². The Morgan fingerprint density at radius 3 is 1.25 bits per heavy atom. The van der Waals surface area contributed by atoms with E-state index in [2.05, 4.69) is 8.79 Å². The summed E-state index contributed by atoms with van der Waals surface area (Å²) in [6, 6.07) is 0. The fraction of sp³-hybridized carbons (Fsp3) is 0. The van der Waals surface area contributed by atoms with E-state index in [9.17, 15) is 0 Å². The molecule has 0 spiro atoms. The third kappa shape index (κ3) is 8.82. The van der Waals surface area contributed by atoms with E-state index >= 15 is 0 Å². The van der Waals surface area contributed by atoms with Crippen molar-refractivity contribution in [3.8, 4) is 0 Å². The number of hydrogen-bond acceptors (Lipinski definition) is 0. The minimum absolute atomic E-state index is 0. The Morgan fingerprint density at radius 2 is 1.25 bits per heavy atom. The summed E-state index contributed by atoms with van der Waals surface area (Å²) in [5, 5.41) is 0. The van der Waals surface area contributed by atoms with Crippen LogP contribution in [0, 0.1) is 0 Å². The van der Waals surface area contributed by atoms with Crippen LogP contribution in [0.25, 0.3) is 0 Å². The first kappa shape index (κ1) is 15.9. The van der Waals surface area contributed by atoms with Crippen molar-refractivity contribution < 1.29 is 0 Å². The smallest absolute Gasteiger partial charge is 0.159 e. The van der Waals surface area contributed by atoms with Gasteiger partial charge in [-0.3, -0.25) is 0 Å². The van der Waals surface area contributed by atoms with E-state index in [1.165, 1.54) is 9.91 Å². The third-order valence-corrected chi connectivity index (χ3v) is 0. The second-order valence-electron chi connectivity index (χ2n) is 0. The molecule has 0 radical (unpaired) electrons. The fourth-order valence-electron chi connectivity index (χ4n) is 0. The predicted octanol–water partition coefficient (Wildman–Crippen LogP) is -2.69. The third-order valence-electron chi connectivity index (χ3n) is 0. The maximum atomic E-state index is 2.56. The van der Waals surface area contributed by atoms with Gasteiger partial charge in [0.1, 0.15) is 0 Å². The van der Waals surface area contributed by atoms with Gasteiger partial charge in [0.25, 0.3) is 0 Å². The Morgan fingerprint density at radius 1 is 1.25 bits per heavy atom. The van der Waals surface area contributed by atoms with Crippen molar-refractivity contribution >= 4 is 79.5 Å². The van der Waals surface area contributed by atoms with E-state index < -0.39 is 0 Å². The van der Waals surface area contributed by atoms with Crippen LogP contribution in [0.2, 0.25) is 0 Å². The average molecular weight is 133 g/mol. The molecule has 0 aromatic heterocycles. The molecule has 0 aromatic rings. The van der Waals surface area contributed by atoms with Crippen LogP contribution in [0.15, 0.2) is 0 Å². The molecule has 0 amide bonds. The topological polar surface area (TPSA) is 0 Å². The van der Waals surface area contributed by atoms with Gasteiger partial charge < -0.3 is 0 Å². The first-order valence-corrected chi connectivity index (χ1v) is 5.20. The Balaban J connectivity index is -0.00000000500. The van der Waals surface area contributed by atoms with Crippen LogP contribution in [-0.4, -0.2) is 70.7 Å². The number of hydrogen-bond donors (Lipinski definition) is 0. The van der Waals surface area contributed by atoms with Gasteiger partial charge in [0, 0.05) is 9.91 Å². The predicted molar refractivity (Wildman–Crippen MR) is 36.7 cm³/mol. The molecule has 0 fully saturated rings. The molecule has 0 bridgehead atoms. The van der Waals surface area contributed by atoms with Gasteiger partial charge in [-0.15, -0.1) is 0 Å². The molecule has 4 heavy (non-hydrogen) atoms. The van der Waals surface area contributed by atoms with Crippen molar-refractivity contribution in [1.82, 2.24) is 0 Å². The normalized spacial score (nSPS) is 2.25. The van der Waals surface area contributed by atoms with Crippen LogP contribution in [0.4, 0.5) is 0 Å². The van der Waals surface area contributed by atoms with E-state index in [4.69, 9.17) is 0 Å². The molecule has 0 aliphatic carbocycles. The van der Waals surface area contributed by atoms with E-state index in [0.717, 1.165) is 0 Å². The summed E-state index contributed by atoms with van der Waals surface area (Å²) in [6.07, 6.45) is 0. The van der Waals surface area contributed by atoms with Crippen LogP contribution < -0.4 is 0 Å². The van der Waals surface area contributed by atoms with Crippen molar-refractivity contribution in [2.75, 3.05) is 0 Å². The fourth-order valence-corrected chi connectivity index (χ4v) is 0. The SMILES string of the molecule is [CaH2].[MgH2].[SiH3]P. The average Bonchev–Trinajstić information content (AvgIpc) is 1.00. The molecule has 0 nitrogen and oxygen atoms in total. The zero-order valence-electron chi connectivity index (χ0n) is 1.58. The second kappa shape index (κ2) is 17.3. The van der Waals surface area contributed by atoms with Gasteiger partial charge in [-0.2, -0.15) is 8.79 Å². The van der Waals surface area contributed by atoms with Gasteiger partial charge in [-0.05, 0) is 0 Å². The van der Waals surface area contributed by atoms with Crippen LogP contribution in [0.1, 0.15) is 0 Å². The molecule has 0 aromatic carbocycles. The van der Waals surface area contributed by atoms with E-state index in [1.807, 2.05) is 0 Å². The molecule has 0 rings (SSSR count). The summed E-state index contributed by atoms with van der Waals surface area (Å²) >= 11 is 0. The van der Waals surface area contributed by atoms with Crippen LogP contribution >= 0.6 is 8.79 Å². The Kier molecular flexibility index (Phi) is 69.0. The van der Waals surface area contributed by atoms with E-state index in [-0.39, 0.29) is 60.8 Å². The van der Waals surface area contributed by atoms with Gasteiger partial charge in [0.2, 0.25) is 0 Å². The second-order valence-corrected chi connectivity index (χ2v) is 0. The standard InChI is InChI=1S/Ca.Mg.H5PSi.4H/c;;1-2;;;;/h;;1H2,2H3;;;;. The van der Waals surface area contributed by atoms with Crippen LogP contribution in [0.3, 0.4) is 0 Å². The summed E-state index contributed by atoms with van der Waals surface area (Å²) in [4.78, 5) is 0. The minimum atomic E-state index is 0. The summed E-state index contributed by atoms with van der Waals surface area (Å²) in [5.41, 5.74) is 0. The molecule has 1 unspecified atom stereocenters. The minimum Gasteiger partial charge on any atom is -0.159 e. The summed E-state index contributed by atoms with van der Waals surface area (Å²) < 4.78 is 0. The maximum Gasteiger partial charge on any atom is 0.316 e. The monoisotopic (exact) mass is 132 g/mol. The quantitative estimate of drug-likeness (QED) is 0.249. The molecule has 0 N–H and O–H groups in total. The van der Waals surface area contributed by atoms with Crippen molar-refractivity contribution in [3.63, 3.8) is 0 Å². The van der Waals surface area contributed by atoms with Gasteiger partial charge in [-0.1, -0.05) is 0 Å². The molecular weight excluding hydrogens is 123 g/mol. The molecule has 4 heteroatoms. The van der Waals surface area contributed by atoms with Gasteiger partial charge in [0.15, 0.2) is 0 Å². The van der Waals surface area contributed by atoms with Crippen LogP contribution in [0.5, 0.6) is 0 Å². The van der Waals surface area contributed by atoms with E-state index in [1.54, 1.807) is 0 Å². The van der Waals surface area contributed by atoms with Crippen molar-refractivity contribution in [2.45, 2.75) is 0 Å². The largest absolute Gasteiger partial charge is 0.316 e. The molecular formula is H9CaMgPSi. The molecule has 0 aliphatic heterocycles. The van der Waals surface area contributed by atoms with E-state index in [0.29, 0.717) is 0 Å². The molecule has 22 valence electrons. The summed E-state index contributed by atoms with van der Waals surface area (Å²) in [5.74, 6) is 0. The molecule has 0 heterocycles. The Hall–Kier alpha value is 2.67. The van der Waals surface area contributed by atoms with Gasteiger partial charge in [0.05, 0.1) is 0 Å². The van der Waals surface area contributed by atoms with Gasteiger partial charge in [-0.25, -0.2) is 0 Å². The van der Waals surface area contributed by atoms with Gasteiger partial charge >= 0.3 is 60.8 Å². The Bertz CT molecular complexity index is 8.00. The zero-order valence-corrected chi connectivity index (χ0v) is 4.73. The molecule has 1 atom stereocenters. The molecule has 0 aliphatic rings. The zero-order chi connectivity index (χ0) is 2.00. The first-order chi connectivity index (χ1) is 1.00. The van der Waals surface area contributed by atoms with Crippen molar-refractivity contribution in [3.05, 3.63) is 0 Å². The Labute approximate surface area is 78.1 Å². The van der Waals surface area contributed by atoms with Crippen molar-refractivity contribution in [1.29, 1.82) is 0 Å². The first-order valence-electron chi connectivity index (χ1n) is 0.577. The molecule has 0 saturated heterocycles. The number of rotatable bonds is 0. The summed E-state index contributed by atoms with van der Waals surface area (Å²) in [7, 11) is 3.78. The molecule has 0 saturated carbocycles. The maximum absolute atomic E-state index is 2.56. The van der Waals surface area contributed by atoms with Crippen molar-refractivity contribution in [2.24, 2.45) is 0 Å².